The molecule has 0 aliphatic carbocycles. The molecule has 1 saturated heterocycles. The van der Waals surface area contributed by atoms with Crippen molar-refractivity contribution in [2.75, 3.05) is 24.4 Å². The number of fused-ring (bicyclic) bond motifs is 1. The van der Waals surface area contributed by atoms with Crippen molar-refractivity contribution in [2.45, 2.75) is 31.7 Å². The first-order valence-corrected chi connectivity index (χ1v) is 8.12. The molecule has 1 fully saturated rings. The molecule has 21 heavy (non-hydrogen) atoms. The number of hydrogen-bond acceptors (Lipinski definition) is 3. The molecule has 1 aromatic carbocycles. The van der Waals surface area contributed by atoms with E-state index < -0.39 is 0 Å². The van der Waals surface area contributed by atoms with Gasteiger partial charge in [-0.25, -0.2) is 4.98 Å². The Kier molecular flexibility index (Phi) is 4.49. The van der Waals surface area contributed by atoms with Crippen LogP contribution in [0.15, 0.2) is 30.5 Å². The van der Waals surface area contributed by atoms with Crippen molar-refractivity contribution in [3.05, 3.63) is 30.5 Å². The summed E-state index contributed by atoms with van der Waals surface area (Å²) in [5.41, 5.74) is 0. The van der Waals surface area contributed by atoms with Crippen LogP contribution >= 0.6 is 11.6 Å². The largest absolute Gasteiger partial charge is 0.497 e. The number of piperidine rings is 1. The summed E-state index contributed by atoms with van der Waals surface area (Å²) >= 11 is 5.98. The van der Waals surface area contributed by atoms with Gasteiger partial charge in [0.1, 0.15) is 11.6 Å². The van der Waals surface area contributed by atoms with Gasteiger partial charge in [0.25, 0.3) is 0 Å². The molecule has 2 aromatic rings. The maximum absolute atomic E-state index is 5.98. The number of methoxy groups -OCH3 is 1. The Morgan fingerprint density at radius 3 is 3.05 bits per heavy atom. The third-order valence-corrected chi connectivity index (χ3v) is 4.51. The van der Waals surface area contributed by atoms with E-state index in [2.05, 4.69) is 22.0 Å². The molecule has 4 heteroatoms. The van der Waals surface area contributed by atoms with Crippen LogP contribution in [0.2, 0.25) is 0 Å². The van der Waals surface area contributed by atoms with Crippen LogP contribution in [-0.2, 0) is 0 Å². The highest BCUT2D eigenvalue weighted by Crippen LogP contribution is 2.32. The van der Waals surface area contributed by atoms with Crippen molar-refractivity contribution >= 4 is 28.2 Å². The fourth-order valence-electron chi connectivity index (χ4n) is 3.20. The highest BCUT2D eigenvalue weighted by atomic mass is 35.5. The molecule has 1 unspecified atom stereocenters. The van der Waals surface area contributed by atoms with E-state index in [-0.39, 0.29) is 0 Å². The summed E-state index contributed by atoms with van der Waals surface area (Å²) in [6.07, 6.45) is 6.64. The van der Waals surface area contributed by atoms with Gasteiger partial charge in [-0.2, -0.15) is 0 Å². The normalized spacial score (nSPS) is 19.0. The molecule has 0 bridgehead atoms. The lowest BCUT2D eigenvalue weighted by molar-refractivity contribution is 0.415. The lowest BCUT2D eigenvalue weighted by Crippen LogP contribution is -2.40. The van der Waals surface area contributed by atoms with E-state index in [0.717, 1.165) is 24.5 Å². The molecular weight excluding hydrogens is 284 g/mol. The quantitative estimate of drug-likeness (QED) is 0.790. The van der Waals surface area contributed by atoms with Crippen molar-refractivity contribution in [1.82, 2.24) is 4.98 Å². The first-order chi connectivity index (χ1) is 10.3. The topological polar surface area (TPSA) is 25.4 Å². The van der Waals surface area contributed by atoms with Crippen LogP contribution in [0, 0.1) is 0 Å². The molecule has 112 valence electrons. The first-order valence-electron chi connectivity index (χ1n) is 7.59. The van der Waals surface area contributed by atoms with Crippen LogP contribution in [0.1, 0.15) is 25.7 Å². The Morgan fingerprint density at radius 2 is 2.24 bits per heavy atom. The number of pyridine rings is 1. The van der Waals surface area contributed by atoms with Gasteiger partial charge in [-0.3, -0.25) is 0 Å². The highest BCUT2D eigenvalue weighted by molar-refractivity contribution is 6.17. The summed E-state index contributed by atoms with van der Waals surface area (Å²) in [5.74, 6) is 2.68. The van der Waals surface area contributed by atoms with Gasteiger partial charge < -0.3 is 9.64 Å². The van der Waals surface area contributed by atoms with E-state index in [9.17, 15) is 0 Å². The summed E-state index contributed by atoms with van der Waals surface area (Å²) in [7, 11) is 1.70. The number of anilines is 1. The monoisotopic (exact) mass is 304 g/mol. The minimum absolute atomic E-state index is 0.511. The zero-order chi connectivity index (χ0) is 14.7. The molecule has 0 saturated carbocycles. The van der Waals surface area contributed by atoms with Crippen LogP contribution in [-0.4, -0.2) is 30.6 Å². The van der Waals surface area contributed by atoms with E-state index in [1.807, 2.05) is 18.3 Å². The van der Waals surface area contributed by atoms with Gasteiger partial charge in [-0.05, 0) is 55.3 Å². The third-order valence-electron chi connectivity index (χ3n) is 4.29. The number of ether oxygens (including phenoxy) is 1. The van der Waals surface area contributed by atoms with Crippen LogP contribution in [0.25, 0.3) is 10.8 Å². The lowest BCUT2D eigenvalue weighted by Gasteiger charge is -2.37. The van der Waals surface area contributed by atoms with Gasteiger partial charge in [0.05, 0.1) is 7.11 Å². The first kappa shape index (κ1) is 14.5. The number of hydrogen-bond donors (Lipinski definition) is 0. The van der Waals surface area contributed by atoms with E-state index in [1.165, 1.54) is 30.0 Å². The highest BCUT2D eigenvalue weighted by Gasteiger charge is 2.24. The van der Waals surface area contributed by atoms with E-state index in [4.69, 9.17) is 16.3 Å². The standard InChI is InChI=1S/C17H21ClN2O/c1-21-15-5-6-16-13(12-15)8-10-19-17(16)20-11-3-2-4-14(20)7-9-18/h5-6,8,10,12,14H,2-4,7,9,11H2,1H3. The van der Waals surface area contributed by atoms with Gasteiger partial charge in [-0.15, -0.1) is 11.6 Å². The fourth-order valence-corrected chi connectivity index (χ4v) is 3.45. The van der Waals surface area contributed by atoms with Crippen molar-refractivity contribution in [1.29, 1.82) is 0 Å². The van der Waals surface area contributed by atoms with Gasteiger partial charge in [0.15, 0.2) is 0 Å². The van der Waals surface area contributed by atoms with Crippen molar-refractivity contribution < 1.29 is 4.74 Å². The maximum atomic E-state index is 5.98. The van der Waals surface area contributed by atoms with Crippen molar-refractivity contribution in [3.63, 3.8) is 0 Å². The van der Waals surface area contributed by atoms with Crippen LogP contribution in [0.5, 0.6) is 5.75 Å². The second kappa shape index (κ2) is 6.52. The molecule has 1 aliphatic rings. The average Bonchev–Trinajstić information content (AvgIpc) is 2.54. The smallest absolute Gasteiger partial charge is 0.136 e. The third kappa shape index (κ3) is 2.93. The number of halogens is 1. The average molecular weight is 305 g/mol. The molecule has 3 nitrogen and oxygen atoms in total. The summed E-state index contributed by atoms with van der Waals surface area (Å²) in [6, 6.07) is 8.75. The Bertz CT molecular complexity index is 615. The second-order valence-electron chi connectivity index (χ2n) is 5.54. The van der Waals surface area contributed by atoms with Crippen LogP contribution < -0.4 is 9.64 Å². The number of aromatic nitrogens is 1. The Balaban J connectivity index is 2.02. The molecule has 3 rings (SSSR count). The molecule has 1 atom stereocenters. The van der Waals surface area contributed by atoms with Gasteiger partial charge in [-0.1, -0.05) is 0 Å². The zero-order valence-electron chi connectivity index (χ0n) is 12.4. The molecule has 1 aromatic heterocycles. The minimum Gasteiger partial charge on any atom is -0.497 e. The molecule has 1 aliphatic heterocycles. The summed E-state index contributed by atoms with van der Waals surface area (Å²) in [4.78, 5) is 7.11. The maximum Gasteiger partial charge on any atom is 0.136 e. The van der Waals surface area contributed by atoms with Crippen molar-refractivity contribution in [3.8, 4) is 5.75 Å². The van der Waals surface area contributed by atoms with Gasteiger partial charge in [0.2, 0.25) is 0 Å². The number of benzene rings is 1. The number of rotatable bonds is 4. The predicted octanol–water partition coefficient (Wildman–Crippen LogP) is 4.23. The fraction of sp³-hybridized carbons (Fsp3) is 0.471. The molecule has 2 heterocycles. The molecular formula is C17H21ClN2O. The van der Waals surface area contributed by atoms with E-state index in [0.29, 0.717) is 11.9 Å². The Hall–Kier alpha value is -1.48. The zero-order valence-corrected chi connectivity index (χ0v) is 13.1. The lowest BCUT2D eigenvalue weighted by atomic mass is 9.99. The SMILES string of the molecule is COc1ccc2c(N3CCCCC3CCCl)nccc2c1. The van der Waals surface area contributed by atoms with Crippen LogP contribution in [0.3, 0.4) is 0 Å². The second-order valence-corrected chi connectivity index (χ2v) is 5.92. The summed E-state index contributed by atoms with van der Waals surface area (Å²) < 4.78 is 5.32. The number of alkyl halides is 1. The van der Waals surface area contributed by atoms with E-state index in [1.54, 1.807) is 7.11 Å². The summed E-state index contributed by atoms with van der Waals surface area (Å²) in [6.45, 7) is 1.07. The minimum atomic E-state index is 0.511. The number of nitrogens with zero attached hydrogens (tertiary/aromatic N) is 2. The van der Waals surface area contributed by atoms with Crippen LogP contribution in [0.4, 0.5) is 5.82 Å². The van der Waals surface area contributed by atoms with Gasteiger partial charge in [0, 0.05) is 30.0 Å². The van der Waals surface area contributed by atoms with Crippen molar-refractivity contribution in [2.24, 2.45) is 0 Å². The Morgan fingerprint density at radius 1 is 1.33 bits per heavy atom. The van der Waals surface area contributed by atoms with Gasteiger partial charge >= 0.3 is 0 Å². The molecule has 0 amide bonds. The predicted molar refractivity (Wildman–Crippen MR) is 88.6 cm³/mol. The van der Waals surface area contributed by atoms with E-state index >= 15 is 0 Å². The molecule has 0 radical (unpaired) electrons. The Labute approximate surface area is 130 Å². The molecule has 0 spiro atoms. The molecule has 0 N–H and O–H groups in total. The summed E-state index contributed by atoms with van der Waals surface area (Å²) in [5, 5.41) is 2.37.